The maximum Gasteiger partial charge on any atom is 0.211 e. The van der Waals surface area contributed by atoms with Crippen molar-refractivity contribution in [3.8, 4) is 11.1 Å². The SMILES string of the molecule is Cc1noc(C)c1-c1cc(NC=O)c2c(c1)c1cc(Br)c(Br)cc1n2CC1CC1. The van der Waals surface area contributed by atoms with E-state index in [-0.39, 0.29) is 0 Å². The molecule has 0 spiro atoms. The Morgan fingerprint density at radius 1 is 1.17 bits per heavy atom. The molecule has 1 fully saturated rings. The molecule has 148 valence electrons. The van der Waals surface area contributed by atoms with E-state index in [1.54, 1.807) is 0 Å². The number of rotatable bonds is 5. The number of carbonyl (C=O) groups excluding carboxylic acids is 1. The van der Waals surface area contributed by atoms with Gasteiger partial charge in [0, 0.05) is 31.8 Å². The molecule has 7 heteroatoms. The van der Waals surface area contributed by atoms with Gasteiger partial charge < -0.3 is 14.4 Å². The van der Waals surface area contributed by atoms with Crippen molar-refractivity contribution in [1.29, 1.82) is 0 Å². The van der Waals surface area contributed by atoms with Gasteiger partial charge in [0.1, 0.15) is 5.76 Å². The molecule has 4 aromatic rings. The minimum atomic E-state index is 0.697. The maximum atomic E-state index is 11.5. The second-order valence-corrected chi connectivity index (χ2v) is 9.43. The molecule has 29 heavy (non-hydrogen) atoms. The summed E-state index contributed by atoms with van der Waals surface area (Å²) in [5.41, 5.74) is 5.82. The Morgan fingerprint density at radius 2 is 1.93 bits per heavy atom. The molecule has 5 rings (SSSR count). The molecule has 1 N–H and O–H groups in total. The number of aromatic nitrogens is 2. The summed E-state index contributed by atoms with van der Waals surface area (Å²) in [7, 11) is 0. The zero-order valence-electron chi connectivity index (χ0n) is 16.1. The number of nitrogens with zero attached hydrogens (tertiary/aromatic N) is 2. The molecule has 0 saturated heterocycles. The summed E-state index contributed by atoms with van der Waals surface area (Å²) in [5.74, 6) is 1.46. The van der Waals surface area contributed by atoms with E-state index in [9.17, 15) is 4.79 Å². The zero-order valence-corrected chi connectivity index (χ0v) is 19.2. The average molecular weight is 517 g/mol. The van der Waals surface area contributed by atoms with Crippen LogP contribution in [-0.4, -0.2) is 16.1 Å². The van der Waals surface area contributed by atoms with Crippen molar-refractivity contribution < 1.29 is 9.32 Å². The first-order valence-electron chi connectivity index (χ1n) is 9.56. The second-order valence-electron chi connectivity index (χ2n) is 7.72. The van der Waals surface area contributed by atoms with Crippen LogP contribution >= 0.6 is 31.9 Å². The first kappa shape index (κ1) is 18.9. The van der Waals surface area contributed by atoms with E-state index in [4.69, 9.17) is 4.52 Å². The number of carbonyl (C=O) groups is 1. The van der Waals surface area contributed by atoms with E-state index >= 15 is 0 Å². The van der Waals surface area contributed by atoms with Crippen molar-refractivity contribution in [2.45, 2.75) is 33.2 Å². The quantitative estimate of drug-likeness (QED) is 0.305. The van der Waals surface area contributed by atoms with Gasteiger partial charge in [-0.05, 0) is 94.3 Å². The Labute approximate surface area is 184 Å². The standard InChI is InChI=1S/C22H19Br2N3O2/c1-11-21(12(2)29-26-11)14-5-16-15-7-17(23)18(24)8-20(15)27(9-13-3-4-13)22(16)19(6-14)25-10-28/h5-8,10,13H,3-4,9H2,1-2H3,(H,25,28). The maximum absolute atomic E-state index is 11.5. The highest BCUT2D eigenvalue weighted by Gasteiger charge is 2.26. The van der Waals surface area contributed by atoms with Crippen molar-refractivity contribution in [2.75, 3.05) is 5.32 Å². The lowest BCUT2D eigenvalue weighted by Crippen LogP contribution is -2.03. The van der Waals surface area contributed by atoms with Gasteiger partial charge in [0.15, 0.2) is 0 Å². The van der Waals surface area contributed by atoms with Gasteiger partial charge in [0.05, 0.1) is 22.4 Å². The van der Waals surface area contributed by atoms with E-state index in [1.165, 1.54) is 12.8 Å². The smallest absolute Gasteiger partial charge is 0.211 e. The number of aryl methyl sites for hydroxylation is 2. The Hall–Kier alpha value is -2.12. The van der Waals surface area contributed by atoms with Crippen molar-refractivity contribution >= 4 is 65.8 Å². The normalized spacial score (nSPS) is 14.1. The molecule has 0 bridgehead atoms. The van der Waals surface area contributed by atoms with Gasteiger partial charge in [-0.25, -0.2) is 0 Å². The van der Waals surface area contributed by atoms with Crippen molar-refractivity contribution in [2.24, 2.45) is 5.92 Å². The summed E-state index contributed by atoms with van der Waals surface area (Å²) in [6, 6.07) is 8.51. The number of amides is 1. The van der Waals surface area contributed by atoms with Crippen LogP contribution in [0.2, 0.25) is 0 Å². The largest absolute Gasteiger partial charge is 0.361 e. The summed E-state index contributed by atoms with van der Waals surface area (Å²) in [6.45, 7) is 4.80. The van der Waals surface area contributed by atoms with Crippen LogP contribution in [0.25, 0.3) is 32.9 Å². The van der Waals surface area contributed by atoms with Crippen LogP contribution < -0.4 is 5.32 Å². The lowest BCUT2D eigenvalue weighted by atomic mass is 10.00. The van der Waals surface area contributed by atoms with Gasteiger partial charge in [-0.1, -0.05) is 5.16 Å². The Balaban J connectivity index is 1.90. The molecule has 0 atom stereocenters. The predicted molar refractivity (Wildman–Crippen MR) is 122 cm³/mol. The van der Waals surface area contributed by atoms with E-state index in [1.807, 2.05) is 19.9 Å². The number of hydrogen-bond donors (Lipinski definition) is 1. The Morgan fingerprint density at radius 3 is 2.59 bits per heavy atom. The van der Waals surface area contributed by atoms with Gasteiger partial charge in [-0.3, -0.25) is 4.79 Å². The molecule has 2 aromatic carbocycles. The summed E-state index contributed by atoms with van der Waals surface area (Å²) >= 11 is 7.30. The minimum Gasteiger partial charge on any atom is -0.361 e. The number of nitrogens with one attached hydrogen (secondary N) is 1. The number of halogens is 2. The number of anilines is 1. The summed E-state index contributed by atoms with van der Waals surface area (Å²) in [5, 5.41) is 9.30. The van der Waals surface area contributed by atoms with Crippen LogP contribution in [0.5, 0.6) is 0 Å². The number of benzene rings is 2. The fourth-order valence-electron chi connectivity index (χ4n) is 4.19. The molecular formula is C22H19Br2N3O2. The van der Waals surface area contributed by atoms with Crippen molar-refractivity contribution in [3.63, 3.8) is 0 Å². The van der Waals surface area contributed by atoms with Crippen molar-refractivity contribution in [1.82, 2.24) is 9.72 Å². The van der Waals surface area contributed by atoms with E-state index in [2.05, 4.69) is 65.1 Å². The predicted octanol–water partition coefficient (Wildman–Crippen LogP) is 6.57. The molecule has 0 aliphatic heterocycles. The molecular weight excluding hydrogens is 498 g/mol. The van der Waals surface area contributed by atoms with Crippen LogP contribution in [0.1, 0.15) is 24.3 Å². The van der Waals surface area contributed by atoms with E-state index in [0.29, 0.717) is 5.92 Å². The van der Waals surface area contributed by atoms with Crippen LogP contribution in [0.15, 0.2) is 37.7 Å². The highest BCUT2D eigenvalue weighted by molar-refractivity contribution is 9.13. The second kappa shape index (κ2) is 6.99. The third-order valence-electron chi connectivity index (χ3n) is 5.67. The number of fused-ring (bicyclic) bond motifs is 3. The monoisotopic (exact) mass is 515 g/mol. The molecule has 0 unspecified atom stereocenters. The van der Waals surface area contributed by atoms with Gasteiger partial charge in [0.25, 0.3) is 0 Å². The van der Waals surface area contributed by atoms with Gasteiger partial charge in [0.2, 0.25) is 6.41 Å². The third-order valence-corrected chi connectivity index (χ3v) is 7.52. The minimum absolute atomic E-state index is 0.697. The molecule has 1 aliphatic rings. The van der Waals surface area contributed by atoms with Crippen LogP contribution in [-0.2, 0) is 11.3 Å². The number of hydrogen-bond acceptors (Lipinski definition) is 3. The summed E-state index contributed by atoms with van der Waals surface area (Å²) in [4.78, 5) is 11.5. The average Bonchev–Trinajstić information content (AvgIpc) is 3.38. The highest BCUT2D eigenvalue weighted by Crippen LogP contribution is 2.43. The molecule has 0 radical (unpaired) electrons. The molecule has 2 aromatic heterocycles. The Kier molecular flexibility index (Phi) is 4.55. The molecule has 1 aliphatic carbocycles. The summed E-state index contributed by atoms with van der Waals surface area (Å²) < 4.78 is 9.76. The summed E-state index contributed by atoms with van der Waals surface area (Å²) in [6.07, 6.45) is 3.26. The van der Waals surface area contributed by atoms with Gasteiger partial charge in [-0.15, -0.1) is 0 Å². The highest BCUT2D eigenvalue weighted by atomic mass is 79.9. The van der Waals surface area contributed by atoms with E-state index < -0.39 is 0 Å². The van der Waals surface area contributed by atoms with Gasteiger partial charge >= 0.3 is 0 Å². The van der Waals surface area contributed by atoms with Crippen LogP contribution in [0.4, 0.5) is 5.69 Å². The molecule has 2 heterocycles. The fraction of sp³-hybridized carbons (Fsp3) is 0.273. The molecule has 1 saturated carbocycles. The Bertz CT molecular complexity index is 1270. The van der Waals surface area contributed by atoms with E-state index in [0.717, 1.165) is 72.0 Å². The van der Waals surface area contributed by atoms with Crippen LogP contribution in [0.3, 0.4) is 0 Å². The first-order valence-corrected chi connectivity index (χ1v) is 11.1. The molecule has 1 amide bonds. The molecule has 5 nitrogen and oxygen atoms in total. The van der Waals surface area contributed by atoms with Crippen LogP contribution in [0, 0.1) is 19.8 Å². The fourth-order valence-corrected chi connectivity index (χ4v) is 4.86. The zero-order chi connectivity index (χ0) is 20.3. The van der Waals surface area contributed by atoms with Gasteiger partial charge in [-0.2, -0.15) is 0 Å². The van der Waals surface area contributed by atoms with Crippen molar-refractivity contribution in [3.05, 3.63) is 44.7 Å². The third kappa shape index (κ3) is 3.11. The lowest BCUT2D eigenvalue weighted by Gasteiger charge is -2.12. The lowest BCUT2D eigenvalue weighted by molar-refractivity contribution is -0.105. The topological polar surface area (TPSA) is 60.1 Å². The first-order chi connectivity index (χ1) is 14.0.